The Bertz CT molecular complexity index is 1090. The molecule has 0 N–H and O–H groups in total. The van der Waals surface area contributed by atoms with Crippen LogP contribution in [0.25, 0.3) is 0 Å². The fourth-order valence-corrected chi connectivity index (χ4v) is 5.02. The SMILES string of the molecule is COc1cccc(N2CCN(C(=O)c3ccc(C[S@@](=O)c4ccccc4Cl)o3)CC2)c1. The zero-order valence-electron chi connectivity index (χ0n) is 17.1. The molecule has 0 spiro atoms. The van der Waals surface area contributed by atoms with Crippen molar-refractivity contribution in [2.75, 3.05) is 38.2 Å². The zero-order chi connectivity index (χ0) is 21.8. The molecule has 31 heavy (non-hydrogen) atoms. The predicted octanol–water partition coefficient (Wildman–Crippen LogP) is 4.21. The van der Waals surface area contributed by atoms with Crippen molar-refractivity contribution < 1.29 is 18.2 Å². The monoisotopic (exact) mass is 458 g/mol. The van der Waals surface area contributed by atoms with Crippen LogP contribution in [-0.2, 0) is 16.6 Å². The zero-order valence-corrected chi connectivity index (χ0v) is 18.7. The summed E-state index contributed by atoms with van der Waals surface area (Å²) in [5, 5.41) is 0.456. The van der Waals surface area contributed by atoms with Gasteiger partial charge in [0.2, 0.25) is 0 Å². The summed E-state index contributed by atoms with van der Waals surface area (Å²) in [6.07, 6.45) is 0. The summed E-state index contributed by atoms with van der Waals surface area (Å²) in [6, 6.07) is 18.3. The van der Waals surface area contributed by atoms with E-state index >= 15 is 0 Å². The van der Waals surface area contributed by atoms with Crippen molar-refractivity contribution in [2.24, 2.45) is 0 Å². The maximum Gasteiger partial charge on any atom is 0.289 e. The number of furan rings is 1. The molecule has 1 saturated heterocycles. The number of methoxy groups -OCH3 is 1. The first-order valence-corrected chi connectivity index (χ1v) is 11.6. The molecule has 0 aliphatic carbocycles. The van der Waals surface area contributed by atoms with Crippen molar-refractivity contribution in [1.29, 1.82) is 0 Å². The number of carbonyl (C=O) groups is 1. The van der Waals surface area contributed by atoms with Gasteiger partial charge in [0.15, 0.2) is 5.76 Å². The lowest BCUT2D eigenvalue weighted by molar-refractivity contribution is 0.0713. The second kappa shape index (κ2) is 9.58. The summed E-state index contributed by atoms with van der Waals surface area (Å²) in [7, 11) is 0.303. The molecule has 0 radical (unpaired) electrons. The number of ether oxygens (including phenoxy) is 1. The second-order valence-electron chi connectivity index (χ2n) is 7.17. The van der Waals surface area contributed by atoms with Gasteiger partial charge in [-0.05, 0) is 36.4 Å². The molecule has 162 valence electrons. The van der Waals surface area contributed by atoms with Gasteiger partial charge in [-0.15, -0.1) is 0 Å². The van der Waals surface area contributed by atoms with E-state index in [0.29, 0.717) is 28.8 Å². The Hall–Kier alpha value is -2.77. The van der Waals surface area contributed by atoms with Gasteiger partial charge in [-0.25, -0.2) is 0 Å². The maximum atomic E-state index is 12.9. The first-order chi connectivity index (χ1) is 15.0. The van der Waals surface area contributed by atoms with Gasteiger partial charge in [0.25, 0.3) is 5.91 Å². The van der Waals surface area contributed by atoms with Crippen LogP contribution < -0.4 is 9.64 Å². The van der Waals surface area contributed by atoms with Crippen molar-refractivity contribution in [3.63, 3.8) is 0 Å². The van der Waals surface area contributed by atoms with E-state index in [2.05, 4.69) is 4.90 Å². The molecule has 1 atom stereocenters. The van der Waals surface area contributed by atoms with Gasteiger partial charge in [0.05, 0.1) is 33.6 Å². The van der Waals surface area contributed by atoms with Crippen LogP contribution in [0.3, 0.4) is 0 Å². The minimum Gasteiger partial charge on any atom is -0.497 e. The highest BCUT2D eigenvalue weighted by atomic mass is 35.5. The number of hydrogen-bond donors (Lipinski definition) is 0. The molecule has 0 saturated carbocycles. The number of carbonyl (C=O) groups excluding carboxylic acids is 1. The first kappa shape index (κ1) is 21.5. The number of rotatable bonds is 6. The molecule has 1 fully saturated rings. The third-order valence-corrected chi connectivity index (χ3v) is 7.05. The van der Waals surface area contributed by atoms with Crippen LogP contribution in [0.1, 0.15) is 16.3 Å². The van der Waals surface area contributed by atoms with E-state index in [0.717, 1.165) is 24.5 Å². The average molecular weight is 459 g/mol. The summed E-state index contributed by atoms with van der Waals surface area (Å²) >= 11 is 6.12. The number of halogens is 1. The summed E-state index contributed by atoms with van der Waals surface area (Å²) in [4.78, 5) is 17.4. The van der Waals surface area contributed by atoms with E-state index < -0.39 is 10.8 Å². The third kappa shape index (κ3) is 4.94. The highest BCUT2D eigenvalue weighted by Crippen LogP contribution is 2.24. The summed E-state index contributed by atoms with van der Waals surface area (Å²) in [5.41, 5.74) is 1.08. The molecule has 1 aliphatic rings. The Labute approximate surface area is 188 Å². The van der Waals surface area contributed by atoms with Crippen LogP contribution in [0.2, 0.25) is 5.02 Å². The fourth-order valence-electron chi connectivity index (χ4n) is 3.54. The molecule has 2 aromatic carbocycles. The topological polar surface area (TPSA) is 63.0 Å². The largest absolute Gasteiger partial charge is 0.497 e. The maximum absolute atomic E-state index is 12.9. The molecular weight excluding hydrogens is 436 g/mol. The van der Waals surface area contributed by atoms with Gasteiger partial charge >= 0.3 is 0 Å². The molecule has 6 nitrogen and oxygen atoms in total. The van der Waals surface area contributed by atoms with Crippen molar-refractivity contribution in [1.82, 2.24) is 4.90 Å². The highest BCUT2D eigenvalue weighted by Gasteiger charge is 2.25. The Balaban J connectivity index is 1.36. The minimum absolute atomic E-state index is 0.153. The normalized spacial score (nSPS) is 15.0. The lowest BCUT2D eigenvalue weighted by atomic mass is 10.2. The smallest absolute Gasteiger partial charge is 0.289 e. The Morgan fingerprint density at radius 1 is 1.06 bits per heavy atom. The van der Waals surface area contributed by atoms with Crippen LogP contribution in [0.4, 0.5) is 5.69 Å². The molecule has 4 rings (SSSR count). The number of piperazine rings is 1. The molecule has 1 aliphatic heterocycles. The van der Waals surface area contributed by atoms with Crippen molar-refractivity contribution >= 4 is 34.0 Å². The summed E-state index contributed by atoms with van der Waals surface area (Å²) in [6.45, 7) is 2.64. The average Bonchev–Trinajstić information content (AvgIpc) is 3.27. The molecule has 1 amide bonds. The number of amides is 1. The summed E-state index contributed by atoms with van der Waals surface area (Å²) in [5.74, 6) is 1.59. The number of nitrogens with zero attached hydrogens (tertiary/aromatic N) is 2. The first-order valence-electron chi connectivity index (χ1n) is 9.95. The quantitative estimate of drug-likeness (QED) is 0.553. The number of hydrogen-bond acceptors (Lipinski definition) is 5. The van der Waals surface area contributed by atoms with E-state index in [4.69, 9.17) is 20.8 Å². The molecule has 0 unspecified atom stereocenters. The lowest BCUT2D eigenvalue weighted by Gasteiger charge is -2.35. The number of anilines is 1. The number of benzene rings is 2. The second-order valence-corrected chi connectivity index (χ2v) is 8.99. The van der Waals surface area contributed by atoms with E-state index in [1.165, 1.54) is 0 Å². The Morgan fingerprint density at radius 3 is 2.58 bits per heavy atom. The van der Waals surface area contributed by atoms with Crippen LogP contribution in [-0.4, -0.2) is 48.3 Å². The van der Waals surface area contributed by atoms with Gasteiger partial charge in [0, 0.05) is 37.9 Å². The van der Waals surface area contributed by atoms with Crippen molar-refractivity contribution in [3.8, 4) is 5.75 Å². The van der Waals surface area contributed by atoms with Crippen molar-refractivity contribution in [2.45, 2.75) is 10.6 Å². The van der Waals surface area contributed by atoms with E-state index in [9.17, 15) is 9.00 Å². The molecular formula is C23H23ClN2O4S. The molecule has 2 heterocycles. The van der Waals surface area contributed by atoms with Gasteiger partial charge in [-0.3, -0.25) is 9.00 Å². The Morgan fingerprint density at radius 2 is 1.84 bits per heavy atom. The minimum atomic E-state index is -1.35. The fraction of sp³-hybridized carbons (Fsp3) is 0.261. The van der Waals surface area contributed by atoms with Gasteiger partial charge in [0.1, 0.15) is 11.5 Å². The van der Waals surface area contributed by atoms with E-state index in [1.807, 2.05) is 24.3 Å². The highest BCUT2D eigenvalue weighted by molar-refractivity contribution is 7.84. The van der Waals surface area contributed by atoms with E-state index in [-0.39, 0.29) is 17.4 Å². The van der Waals surface area contributed by atoms with Crippen molar-refractivity contribution in [3.05, 3.63) is 77.2 Å². The molecule has 1 aromatic heterocycles. The molecule has 8 heteroatoms. The Kier molecular flexibility index (Phi) is 6.63. The van der Waals surface area contributed by atoms with Crippen LogP contribution >= 0.6 is 11.6 Å². The molecule has 0 bridgehead atoms. The van der Waals surface area contributed by atoms with Gasteiger partial charge in [-0.1, -0.05) is 29.8 Å². The summed E-state index contributed by atoms with van der Waals surface area (Å²) < 4.78 is 23.6. The van der Waals surface area contributed by atoms with Crippen LogP contribution in [0.15, 0.2) is 70.0 Å². The van der Waals surface area contributed by atoms with Gasteiger partial charge in [-0.2, -0.15) is 0 Å². The van der Waals surface area contributed by atoms with Crippen LogP contribution in [0.5, 0.6) is 5.75 Å². The van der Waals surface area contributed by atoms with E-state index in [1.54, 1.807) is 48.4 Å². The van der Waals surface area contributed by atoms with Crippen LogP contribution in [0, 0.1) is 0 Å². The standard InChI is InChI=1S/C23H23ClN2O4S/c1-29-18-6-4-5-17(15-18)25-11-13-26(14-12-25)23(27)21-10-9-19(30-21)16-31(28)22-8-3-2-7-20(22)24/h2-10,15H,11-14,16H2,1H3/t31-/m1/s1. The lowest BCUT2D eigenvalue weighted by Crippen LogP contribution is -2.48. The molecule has 3 aromatic rings. The third-order valence-electron chi connectivity index (χ3n) is 5.21. The predicted molar refractivity (Wildman–Crippen MR) is 121 cm³/mol. The van der Waals surface area contributed by atoms with Gasteiger partial charge < -0.3 is 19.0 Å².